The van der Waals surface area contributed by atoms with Crippen molar-refractivity contribution in [2.45, 2.75) is 45.1 Å². The summed E-state index contributed by atoms with van der Waals surface area (Å²) in [6, 6.07) is 0.267. The third-order valence-electron chi connectivity index (χ3n) is 4.00. The summed E-state index contributed by atoms with van der Waals surface area (Å²) in [5, 5.41) is 0. The smallest absolute Gasteiger partial charge is 0.225 e. The lowest BCUT2D eigenvalue weighted by Gasteiger charge is -2.20. The van der Waals surface area contributed by atoms with E-state index in [0.29, 0.717) is 5.91 Å². The van der Waals surface area contributed by atoms with Crippen LogP contribution in [0.5, 0.6) is 0 Å². The first kappa shape index (κ1) is 10.9. The van der Waals surface area contributed by atoms with Crippen LogP contribution in [0.1, 0.15) is 39.0 Å². The zero-order valence-electron chi connectivity index (χ0n) is 9.61. The number of hydrogen-bond donors (Lipinski definition) is 1. The van der Waals surface area contributed by atoms with Crippen LogP contribution in [0.2, 0.25) is 0 Å². The lowest BCUT2D eigenvalue weighted by atomic mass is 10.1. The molecule has 1 saturated heterocycles. The highest BCUT2D eigenvalue weighted by atomic mass is 16.2. The molecule has 0 radical (unpaired) electrons. The minimum atomic E-state index is 0.232. The van der Waals surface area contributed by atoms with Crippen molar-refractivity contribution in [2.24, 2.45) is 17.6 Å². The molecular formula is C12H22N2O. The monoisotopic (exact) mass is 210 g/mol. The molecule has 1 saturated carbocycles. The van der Waals surface area contributed by atoms with Crippen molar-refractivity contribution >= 4 is 5.91 Å². The fourth-order valence-corrected chi connectivity index (χ4v) is 2.86. The van der Waals surface area contributed by atoms with E-state index in [2.05, 4.69) is 11.8 Å². The van der Waals surface area contributed by atoms with Gasteiger partial charge in [0.05, 0.1) is 0 Å². The Bertz CT molecular complexity index is 242. The highest BCUT2D eigenvalue weighted by Gasteiger charge is 2.33. The van der Waals surface area contributed by atoms with Gasteiger partial charge in [0.2, 0.25) is 5.91 Å². The number of carbonyl (C=O) groups is 1. The zero-order chi connectivity index (χ0) is 10.8. The van der Waals surface area contributed by atoms with Gasteiger partial charge in [-0.25, -0.2) is 0 Å². The van der Waals surface area contributed by atoms with Crippen molar-refractivity contribution in [3.8, 4) is 0 Å². The van der Waals surface area contributed by atoms with E-state index in [9.17, 15) is 4.79 Å². The molecule has 1 heterocycles. The average molecular weight is 210 g/mol. The summed E-state index contributed by atoms with van der Waals surface area (Å²) in [6.07, 6.45) is 5.34. The van der Waals surface area contributed by atoms with Gasteiger partial charge < -0.3 is 10.6 Å². The number of amides is 1. The number of nitrogens with zero attached hydrogens (tertiary/aromatic N) is 1. The van der Waals surface area contributed by atoms with Crippen molar-refractivity contribution in [1.29, 1.82) is 0 Å². The Kier molecular flexibility index (Phi) is 3.29. The second kappa shape index (κ2) is 4.52. The van der Waals surface area contributed by atoms with E-state index in [-0.39, 0.29) is 12.0 Å². The molecule has 1 aliphatic heterocycles. The Hall–Kier alpha value is -0.570. The fraction of sp³-hybridized carbons (Fsp3) is 0.917. The summed E-state index contributed by atoms with van der Waals surface area (Å²) in [4.78, 5) is 14.2. The van der Waals surface area contributed by atoms with Crippen LogP contribution >= 0.6 is 0 Å². The van der Waals surface area contributed by atoms with Crippen molar-refractivity contribution in [1.82, 2.24) is 4.90 Å². The van der Waals surface area contributed by atoms with Crippen molar-refractivity contribution in [2.75, 3.05) is 13.1 Å². The lowest BCUT2D eigenvalue weighted by molar-refractivity contribution is -0.134. The van der Waals surface area contributed by atoms with Crippen LogP contribution in [0, 0.1) is 11.8 Å². The quantitative estimate of drug-likeness (QED) is 0.748. The number of hydrogen-bond acceptors (Lipinski definition) is 2. The first-order valence-electron chi connectivity index (χ1n) is 6.25. The molecule has 2 N–H and O–H groups in total. The third-order valence-corrected chi connectivity index (χ3v) is 4.00. The fourth-order valence-electron chi connectivity index (χ4n) is 2.86. The molecule has 15 heavy (non-hydrogen) atoms. The molecule has 2 fully saturated rings. The Morgan fingerprint density at radius 1 is 1.40 bits per heavy atom. The Balaban J connectivity index is 1.86. The molecule has 1 aliphatic carbocycles. The van der Waals surface area contributed by atoms with Gasteiger partial charge in [0.1, 0.15) is 0 Å². The number of likely N-dealkylation sites (tertiary alicyclic amines) is 1. The predicted molar refractivity (Wildman–Crippen MR) is 60.3 cm³/mol. The number of rotatable bonds is 2. The van der Waals surface area contributed by atoms with Gasteiger partial charge in [-0.2, -0.15) is 0 Å². The van der Waals surface area contributed by atoms with Crippen molar-refractivity contribution in [3.63, 3.8) is 0 Å². The van der Waals surface area contributed by atoms with Gasteiger partial charge in [0.25, 0.3) is 0 Å². The maximum Gasteiger partial charge on any atom is 0.225 e. The average Bonchev–Trinajstić information content (AvgIpc) is 2.84. The van der Waals surface area contributed by atoms with Gasteiger partial charge in [-0.1, -0.05) is 13.3 Å². The van der Waals surface area contributed by atoms with Gasteiger partial charge in [-0.05, 0) is 31.6 Å². The first-order chi connectivity index (χ1) is 7.20. The van der Waals surface area contributed by atoms with Crippen LogP contribution in [0.3, 0.4) is 0 Å². The normalized spacial score (nSPS) is 36.1. The maximum atomic E-state index is 12.1. The molecule has 86 valence electrons. The summed E-state index contributed by atoms with van der Waals surface area (Å²) < 4.78 is 0. The Labute approximate surface area is 92.0 Å². The number of carbonyl (C=O) groups excluding carboxylic acids is 1. The van der Waals surface area contributed by atoms with Gasteiger partial charge >= 0.3 is 0 Å². The molecule has 3 heteroatoms. The van der Waals surface area contributed by atoms with Crippen molar-refractivity contribution in [3.05, 3.63) is 0 Å². The second-order valence-corrected chi connectivity index (χ2v) is 5.12. The molecule has 2 rings (SSSR count). The highest BCUT2D eigenvalue weighted by Crippen LogP contribution is 2.28. The molecule has 3 atom stereocenters. The van der Waals surface area contributed by atoms with Gasteiger partial charge in [-0.15, -0.1) is 0 Å². The van der Waals surface area contributed by atoms with E-state index in [1.54, 1.807) is 0 Å². The maximum absolute atomic E-state index is 12.1. The Morgan fingerprint density at radius 3 is 2.73 bits per heavy atom. The molecule has 2 aliphatic rings. The SMILES string of the molecule is CCC1CCN(C(=O)C2CCC(N)C2)C1. The van der Waals surface area contributed by atoms with Crippen LogP contribution in [-0.4, -0.2) is 29.9 Å². The minimum absolute atomic E-state index is 0.232. The van der Waals surface area contributed by atoms with E-state index in [4.69, 9.17) is 5.73 Å². The zero-order valence-corrected chi connectivity index (χ0v) is 9.61. The molecule has 0 aromatic carbocycles. The Morgan fingerprint density at radius 2 is 2.20 bits per heavy atom. The standard InChI is InChI=1S/C12H22N2O/c1-2-9-5-6-14(8-9)12(15)10-3-4-11(13)7-10/h9-11H,2-8,13H2,1H3. The third kappa shape index (κ3) is 2.33. The summed E-state index contributed by atoms with van der Waals surface area (Å²) in [7, 11) is 0. The van der Waals surface area contributed by atoms with Crippen LogP contribution in [0.15, 0.2) is 0 Å². The molecule has 1 amide bonds. The summed E-state index contributed by atoms with van der Waals surface area (Å²) >= 11 is 0. The highest BCUT2D eigenvalue weighted by molar-refractivity contribution is 5.79. The minimum Gasteiger partial charge on any atom is -0.342 e. The molecule has 0 spiro atoms. The van der Waals surface area contributed by atoms with E-state index in [1.807, 2.05) is 0 Å². The second-order valence-electron chi connectivity index (χ2n) is 5.12. The molecule has 0 aromatic rings. The first-order valence-corrected chi connectivity index (χ1v) is 6.25. The van der Waals surface area contributed by atoms with Gasteiger partial charge in [0, 0.05) is 25.0 Å². The van der Waals surface area contributed by atoms with E-state index < -0.39 is 0 Å². The largest absolute Gasteiger partial charge is 0.342 e. The summed E-state index contributed by atoms with van der Waals surface area (Å²) in [6.45, 7) is 4.17. The van der Waals surface area contributed by atoms with E-state index >= 15 is 0 Å². The molecule has 3 unspecified atom stereocenters. The van der Waals surface area contributed by atoms with Gasteiger partial charge in [-0.3, -0.25) is 4.79 Å². The van der Waals surface area contributed by atoms with Gasteiger partial charge in [0.15, 0.2) is 0 Å². The van der Waals surface area contributed by atoms with Crippen LogP contribution in [-0.2, 0) is 4.79 Å². The molecular weight excluding hydrogens is 188 g/mol. The lowest BCUT2D eigenvalue weighted by Crippen LogP contribution is -2.34. The topological polar surface area (TPSA) is 46.3 Å². The molecule has 0 bridgehead atoms. The van der Waals surface area contributed by atoms with E-state index in [1.165, 1.54) is 12.8 Å². The summed E-state index contributed by atoms with van der Waals surface area (Å²) in [5.74, 6) is 1.35. The summed E-state index contributed by atoms with van der Waals surface area (Å²) in [5.41, 5.74) is 5.84. The van der Waals surface area contributed by atoms with Crippen LogP contribution < -0.4 is 5.73 Å². The molecule has 0 aromatic heterocycles. The predicted octanol–water partition coefficient (Wildman–Crippen LogP) is 1.37. The van der Waals surface area contributed by atoms with Crippen LogP contribution in [0.4, 0.5) is 0 Å². The molecule has 3 nitrogen and oxygen atoms in total. The van der Waals surface area contributed by atoms with Crippen LogP contribution in [0.25, 0.3) is 0 Å². The van der Waals surface area contributed by atoms with Crippen molar-refractivity contribution < 1.29 is 4.79 Å². The number of nitrogens with two attached hydrogens (primary N) is 1. The van der Waals surface area contributed by atoms with E-state index in [0.717, 1.165) is 38.3 Å².